The standard InChI is InChI=1S/C17H18N2O2/c1-12(20)9-15-11-19(14-5-3-2-4-6-14)16-10-13(18)7-8-17(16)21-15/h2-8,10,15H,9,11,18H2,1H3. The van der Waals surface area contributed by atoms with Crippen molar-refractivity contribution in [1.29, 1.82) is 0 Å². The number of nitrogens with two attached hydrogens (primary N) is 1. The SMILES string of the molecule is CC(=O)CC1CN(c2ccccc2)c2cc(N)ccc2O1. The molecule has 0 saturated heterocycles. The lowest BCUT2D eigenvalue weighted by Crippen LogP contribution is -2.38. The van der Waals surface area contributed by atoms with Crippen molar-refractivity contribution in [2.75, 3.05) is 17.2 Å². The van der Waals surface area contributed by atoms with Gasteiger partial charge in [0.2, 0.25) is 0 Å². The first-order chi connectivity index (χ1) is 10.1. The number of carbonyl (C=O) groups excluding carboxylic acids is 1. The molecule has 2 aromatic rings. The molecule has 2 N–H and O–H groups in total. The Morgan fingerprint density at radius 2 is 2.05 bits per heavy atom. The Balaban J connectivity index is 2.01. The quantitative estimate of drug-likeness (QED) is 0.879. The largest absolute Gasteiger partial charge is 0.486 e. The number of fused-ring (bicyclic) bond motifs is 1. The van der Waals surface area contributed by atoms with E-state index in [4.69, 9.17) is 10.5 Å². The molecule has 1 heterocycles. The summed E-state index contributed by atoms with van der Waals surface area (Å²) in [5.41, 5.74) is 8.61. The van der Waals surface area contributed by atoms with Gasteiger partial charge in [0.1, 0.15) is 17.6 Å². The van der Waals surface area contributed by atoms with E-state index in [2.05, 4.69) is 4.90 Å². The van der Waals surface area contributed by atoms with Crippen molar-refractivity contribution in [3.8, 4) is 5.75 Å². The van der Waals surface area contributed by atoms with Crippen LogP contribution in [-0.4, -0.2) is 18.4 Å². The van der Waals surface area contributed by atoms with Crippen LogP contribution < -0.4 is 15.4 Å². The van der Waals surface area contributed by atoms with Gasteiger partial charge in [-0.3, -0.25) is 4.79 Å². The normalized spacial score (nSPS) is 17.0. The molecule has 0 fully saturated rings. The Morgan fingerprint density at radius 1 is 1.29 bits per heavy atom. The molecule has 0 radical (unpaired) electrons. The summed E-state index contributed by atoms with van der Waals surface area (Å²) in [5.74, 6) is 0.900. The first kappa shape index (κ1) is 13.5. The van der Waals surface area contributed by atoms with Crippen molar-refractivity contribution >= 4 is 22.8 Å². The number of ketones is 1. The molecule has 21 heavy (non-hydrogen) atoms. The minimum Gasteiger partial charge on any atom is -0.486 e. The van der Waals surface area contributed by atoms with Crippen LogP contribution in [-0.2, 0) is 4.79 Å². The van der Waals surface area contributed by atoms with Crippen LogP contribution in [0.1, 0.15) is 13.3 Å². The van der Waals surface area contributed by atoms with E-state index < -0.39 is 0 Å². The number of benzene rings is 2. The van der Waals surface area contributed by atoms with E-state index in [-0.39, 0.29) is 11.9 Å². The van der Waals surface area contributed by atoms with Crippen molar-refractivity contribution < 1.29 is 9.53 Å². The molecule has 0 amide bonds. The highest BCUT2D eigenvalue weighted by Gasteiger charge is 2.27. The maximum Gasteiger partial charge on any atom is 0.143 e. The molecule has 0 saturated carbocycles. The van der Waals surface area contributed by atoms with Gasteiger partial charge in [0.05, 0.1) is 12.2 Å². The van der Waals surface area contributed by atoms with Crippen LogP contribution >= 0.6 is 0 Å². The fourth-order valence-electron chi connectivity index (χ4n) is 2.64. The first-order valence-corrected chi connectivity index (χ1v) is 7.01. The minimum atomic E-state index is -0.140. The highest BCUT2D eigenvalue weighted by atomic mass is 16.5. The second-order valence-corrected chi connectivity index (χ2v) is 5.32. The lowest BCUT2D eigenvalue weighted by molar-refractivity contribution is -0.118. The summed E-state index contributed by atoms with van der Waals surface area (Å²) in [4.78, 5) is 13.6. The van der Waals surface area contributed by atoms with E-state index >= 15 is 0 Å². The summed E-state index contributed by atoms with van der Waals surface area (Å²) in [5, 5.41) is 0. The minimum absolute atomic E-state index is 0.131. The zero-order valence-electron chi connectivity index (χ0n) is 12.0. The van der Waals surface area contributed by atoms with Crippen LogP contribution in [0.2, 0.25) is 0 Å². The summed E-state index contributed by atoms with van der Waals surface area (Å²) in [6, 6.07) is 15.7. The van der Waals surface area contributed by atoms with Crippen molar-refractivity contribution in [1.82, 2.24) is 0 Å². The Hall–Kier alpha value is -2.49. The monoisotopic (exact) mass is 282 g/mol. The van der Waals surface area contributed by atoms with E-state index in [1.807, 2.05) is 48.5 Å². The molecular weight excluding hydrogens is 264 g/mol. The van der Waals surface area contributed by atoms with Gasteiger partial charge >= 0.3 is 0 Å². The van der Waals surface area contributed by atoms with Gasteiger partial charge in [0.15, 0.2) is 0 Å². The Morgan fingerprint density at radius 3 is 2.76 bits per heavy atom. The second kappa shape index (κ2) is 5.48. The van der Waals surface area contributed by atoms with Crippen molar-refractivity contribution in [3.05, 3.63) is 48.5 Å². The third-order valence-corrected chi connectivity index (χ3v) is 3.54. The van der Waals surface area contributed by atoms with Gasteiger partial charge in [0, 0.05) is 17.8 Å². The predicted molar refractivity (Wildman–Crippen MR) is 84.0 cm³/mol. The summed E-state index contributed by atoms with van der Waals surface area (Å²) in [6.45, 7) is 2.23. The molecular formula is C17H18N2O2. The molecule has 1 unspecified atom stereocenters. The number of nitrogens with zero attached hydrogens (tertiary/aromatic N) is 1. The third kappa shape index (κ3) is 2.84. The van der Waals surface area contributed by atoms with Gasteiger partial charge in [0.25, 0.3) is 0 Å². The highest BCUT2D eigenvalue weighted by Crippen LogP contribution is 2.39. The smallest absolute Gasteiger partial charge is 0.143 e. The van der Waals surface area contributed by atoms with Crippen molar-refractivity contribution in [2.24, 2.45) is 0 Å². The molecule has 0 aliphatic carbocycles. The Bertz CT molecular complexity index is 655. The molecule has 4 nitrogen and oxygen atoms in total. The third-order valence-electron chi connectivity index (χ3n) is 3.54. The molecule has 2 aromatic carbocycles. The number of rotatable bonds is 3. The lowest BCUT2D eigenvalue weighted by atomic mass is 10.1. The number of ether oxygens (including phenoxy) is 1. The second-order valence-electron chi connectivity index (χ2n) is 5.32. The molecule has 0 spiro atoms. The summed E-state index contributed by atoms with van der Waals surface area (Å²) >= 11 is 0. The molecule has 4 heteroatoms. The summed E-state index contributed by atoms with van der Waals surface area (Å²) in [7, 11) is 0. The average Bonchev–Trinajstić information content (AvgIpc) is 2.47. The number of Topliss-reactive ketones (excluding diaryl/α,β-unsaturated/α-hetero) is 1. The van der Waals surface area contributed by atoms with E-state index in [0.29, 0.717) is 18.7 Å². The van der Waals surface area contributed by atoms with Crippen LogP contribution in [0.4, 0.5) is 17.1 Å². The zero-order chi connectivity index (χ0) is 14.8. The Kier molecular flexibility index (Phi) is 3.52. The number of nitrogen functional groups attached to an aromatic ring is 1. The fraction of sp³-hybridized carbons (Fsp3) is 0.235. The number of para-hydroxylation sites is 1. The van der Waals surface area contributed by atoms with Gasteiger partial charge in [-0.05, 0) is 37.3 Å². The number of carbonyl (C=O) groups is 1. The predicted octanol–water partition coefficient (Wildman–Crippen LogP) is 3.15. The fourth-order valence-corrected chi connectivity index (χ4v) is 2.64. The van der Waals surface area contributed by atoms with Gasteiger partial charge < -0.3 is 15.4 Å². The molecule has 1 atom stereocenters. The molecule has 3 rings (SSSR count). The number of hydrogen-bond donors (Lipinski definition) is 1. The van der Waals surface area contributed by atoms with E-state index in [0.717, 1.165) is 17.1 Å². The topological polar surface area (TPSA) is 55.6 Å². The summed E-state index contributed by atoms with van der Waals surface area (Å²) < 4.78 is 5.93. The molecule has 0 bridgehead atoms. The van der Waals surface area contributed by atoms with E-state index in [9.17, 15) is 4.79 Å². The van der Waals surface area contributed by atoms with Gasteiger partial charge in [-0.1, -0.05) is 18.2 Å². The van der Waals surface area contributed by atoms with Gasteiger partial charge in [-0.2, -0.15) is 0 Å². The summed E-state index contributed by atoms with van der Waals surface area (Å²) in [6.07, 6.45) is 0.270. The zero-order valence-corrected chi connectivity index (χ0v) is 12.0. The van der Waals surface area contributed by atoms with Crippen molar-refractivity contribution in [2.45, 2.75) is 19.4 Å². The maximum atomic E-state index is 11.4. The van der Waals surface area contributed by atoms with E-state index in [1.165, 1.54) is 0 Å². The van der Waals surface area contributed by atoms with Crippen molar-refractivity contribution in [3.63, 3.8) is 0 Å². The lowest BCUT2D eigenvalue weighted by Gasteiger charge is -2.36. The van der Waals surface area contributed by atoms with Gasteiger partial charge in [-0.15, -0.1) is 0 Å². The highest BCUT2D eigenvalue weighted by molar-refractivity contribution is 5.78. The average molecular weight is 282 g/mol. The van der Waals surface area contributed by atoms with Crippen LogP contribution in [0.15, 0.2) is 48.5 Å². The Labute approximate surface area is 124 Å². The van der Waals surface area contributed by atoms with E-state index in [1.54, 1.807) is 6.92 Å². The van der Waals surface area contributed by atoms with Crippen LogP contribution in [0.5, 0.6) is 5.75 Å². The first-order valence-electron chi connectivity index (χ1n) is 7.01. The number of anilines is 3. The maximum absolute atomic E-state index is 11.4. The molecule has 0 aromatic heterocycles. The van der Waals surface area contributed by atoms with Crippen LogP contribution in [0.3, 0.4) is 0 Å². The number of hydrogen-bond acceptors (Lipinski definition) is 4. The van der Waals surface area contributed by atoms with Gasteiger partial charge in [-0.25, -0.2) is 0 Å². The van der Waals surface area contributed by atoms with Crippen LogP contribution in [0.25, 0.3) is 0 Å². The molecule has 1 aliphatic rings. The molecule has 108 valence electrons. The van der Waals surface area contributed by atoms with Crippen LogP contribution in [0, 0.1) is 0 Å². The molecule has 1 aliphatic heterocycles.